The van der Waals surface area contributed by atoms with E-state index in [0.717, 1.165) is 35.3 Å². The summed E-state index contributed by atoms with van der Waals surface area (Å²) in [6, 6.07) is 12.6. The van der Waals surface area contributed by atoms with Crippen molar-refractivity contribution in [3.05, 3.63) is 48.2 Å². The molecular formula is C25H30N2O3. The molecule has 0 unspecified atom stereocenters. The summed E-state index contributed by atoms with van der Waals surface area (Å²) < 4.78 is 13.4. The SMILES string of the molecule is COC(=O)CCc1cc(N)c(OC2CCCCC2)c(-c2ccc3c(ccn3C)c2)c1. The normalized spacial score (nSPS) is 14.7. The Morgan fingerprint density at radius 3 is 2.70 bits per heavy atom. The van der Waals surface area contributed by atoms with Crippen molar-refractivity contribution in [2.75, 3.05) is 12.8 Å². The Hall–Kier alpha value is -2.95. The van der Waals surface area contributed by atoms with Crippen LogP contribution in [0.1, 0.15) is 44.1 Å². The third-order valence-corrected chi connectivity index (χ3v) is 6.06. The number of rotatable bonds is 6. The van der Waals surface area contributed by atoms with Gasteiger partial charge in [0.2, 0.25) is 0 Å². The predicted molar refractivity (Wildman–Crippen MR) is 121 cm³/mol. The third-order valence-electron chi connectivity index (χ3n) is 6.06. The first-order valence-electron chi connectivity index (χ1n) is 10.8. The fourth-order valence-corrected chi connectivity index (χ4v) is 4.35. The smallest absolute Gasteiger partial charge is 0.305 e. The van der Waals surface area contributed by atoms with Crippen molar-refractivity contribution in [2.24, 2.45) is 7.05 Å². The molecule has 1 fully saturated rings. The molecule has 1 saturated carbocycles. The van der Waals surface area contributed by atoms with E-state index in [1.807, 2.05) is 13.1 Å². The van der Waals surface area contributed by atoms with Gasteiger partial charge < -0.3 is 19.8 Å². The van der Waals surface area contributed by atoms with Gasteiger partial charge in [-0.15, -0.1) is 0 Å². The maximum atomic E-state index is 11.6. The zero-order chi connectivity index (χ0) is 21.1. The number of aromatic nitrogens is 1. The molecule has 0 aliphatic heterocycles. The lowest BCUT2D eigenvalue weighted by Crippen LogP contribution is -2.20. The van der Waals surface area contributed by atoms with E-state index >= 15 is 0 Å². The number of nitrogens with zero attached hydrogens (tertiary/aromatic N) is 1. The van der Waals surface area contributed by atoms with Gasteiger partial charge in [-0.1, -0.05) is 12.5 Å². The zero-order valence-electron chi connectivity index (χ0n) is 17.8. The van der Waals surface area contributed by atoms with Gasteiger partial charge in [0.1, 0.15) is 5.75 Å². The molecule has 1 aliphatic rings. The lowest BCUT2D eigenvalue weighted by Gasteiger charge is -2.26. The average Bonchev–Trinajstić information content (AvgIpc) is 3.14. The number of carbonyl (C=O) groups is 1. The van der Waals surface area contributed by atoms with Crippen LogP contribution < -0.4 is 10.5 Å². The van der Waals surface area contributed by atoms with Crippen LogP contribution in [0.25, 0.3) is 22.0 Å². The molecule has 2 N–H and O–H groups in total. The number of benzene rings is 2. The van der Waals surface area contributed by atoms with Crippen molar-refractivity contribution in [3.63, 3.8) is 0 Å². The fourth-order valence-electron chi connectivity index (χ4n) is 4.35. The van der Waals surface area contributed by atoms with Crippen LogP contribution in [0.2, 0.25) is 0 Å². The second-order valence-corrected chi connectivity index (χ2v) is 8.22. The van der Waals surface area contributed by atoms with E-state index in [2.05, 4.69) is 41.1 Å². The van der Waals surface area contributed by atoms with Crippen molar-refractivity contribution in [1.29, 1.82) is 0 Å². The molecule has 5 heteroatoms. The predicted octanol–water partition coefficient (Wildman–Crippen LogP) is 5.24. The van der Waals surface area contributed by atoms with E-state index in [-0.39, 0.29) is 12.1 Å². The molecular weight excluding hydrogens is 376 g/mol. The molecule has 0 radical (unpaired) electrons. The monoisotopic (exact) mass is 406 g/mol. The number of aryl methyl sites for hydroxylation is 2. The second-order valence-electron chi connectivity index (χ2n) is 8.22. The van der Waals surface area contributed by atoms with Crippen LogP contribution in [0.5, 0.6) is 5.75 Å². The summed E-state index contributed by atoms with van der Waals surface area (Å²) >= 11 is 0. The van der Waals surface area contributed by atoms with Gasteiger partial charge in [0.15, 0.2) is 0 Å². The molecule has 5 nitrogen and oxygen atoms in total. The van der Waals surface area contributed by atoms with Gasteiger partial charge in [0, 0.05) is 36.1 Å². The van der Waals surface area contributed by atoms with Gasteiger partial charge in [-0.25, -0.2) is 0 Å². The van der Waals surface area contributed by atoms with Gasteiger partial charge in [-0.3, -0.25) is 4.79 Å². The Morgan fingerprint density at radius 2 is 1.93 bits per heavy atom. The van der Waals surface area contributed by atoms with Gasteiger partial charge in [0.05, 0.1) is 18.9 Å². The summed E-state index contributed by atoms with van der Waals surface area (Å²) in [7, 11) is 3.46. The van der Waals surface area contributed by atoms with E-state index in [1.165, 1.54) is 37.3 Å². The van der Waals surface area contributed by atoms with E-state index < -0.39 is 0 Å². The topological polar surface area (TPSA) is 66.5 Å². The Labute approximate surface area is 177 Å². The minimum Gasteiger partial charge on any atom is -0.488 e. The molecule has 1 aliphatic carbocycles. The lowest BCUT2D eigenvalue weighted by atomic mass is 9.95. The first-order chi connectivity index (χ1) is 14.5. The number of esters is 1. The Morgan fingerprint density at radius 1 is 1.13 bits per heavy atom. The number of methoxy groups -OCH3 is 1. The second kappa shape index (κ2) is 8.82. The number of nitrogen functional groups attached to an aromatic ring is 1. The highest BCUT2D eigenvalue weighted by molar-refractivity contribution is 5.88. The van der Waals surface area contributed by atoms with Crippen LogP contribution in [0.15, 0.2) is 42.6 Å². The van der Waals surface area contributed by atoms with Gasteiger partial charge in [-0.2, -0.15) is 0 Å². The minimum atomic E-state index is -0.219. The molecule has 1 heterocycles. The van der Waals surface area contributed by atoms with Crippen molar-refractivity contribution < 1.29 is 14.3 Å². The van der Waals surface area contributed by atoms with Gasteiger partial charge in [0.25, 0.3) is 0 Å². The lowest BCUT2D eigenvalue weighted by molar-refractivity contribution is -0.140. The largest absolute Gasteiger partial charge is 0.488 e. The maximum Gasteiger partial charge on any atom is 0.305 e. The van der Waals surface area contributed by atoms with Crippen molar-refractivity contribution in [1.82, 2.24) is 4.57 Å². The Bertz CT molecular complexity index is 1050. The standard InChI is InChI=1S/C25H30N2O3/c1-27-13-12-19-16-18(9-10-23(19)27)21-14-17(8-11-24(28)29-2)15-22(26)25(21)30-20-6-4-3-5-7-20/h9-10,12-16,20H,3-8,11,26H2,1-2H3. The molecule has 30 heavy (non-hydrogen) atoms. The molecule has 4 rings (SSSR count). The first-order valence-corrected chi connectivity index (χ1v) is 10.8. The number of anilines is 1. The molecule has 3 aromatic rings. The molecule has 0 saturated heterocycles. The summed E-state index contributed by atoms with van der Waals surface area (Å²) in [5.41, 5.74) is 11.4. The van der Waals surface area contributed by atoms with Crippen molar-refractivity contribution in [3.8, 4) is 16.9 Å². The Balaban J connectivity index is 1.74. The Kier molecular flexibility index (Phi) is 5.98. The van der Waals surface area contributed by atoms with Crippen molar-refractivity contribution >= 4 is 22.6 Å². The summed E-state index contributed by atoms with van der Waals surface area (Å²) in [5.74, 6) is 0.544. The first kappa shape index (κ1) is 20.3. The third kappa shape index (κ3) is 4.30. The van der Waals surface area contributed by atoms with Crippen LogP contribution in [0, 0.1) is 0 Å². The van der Waals surface area contributed by atoms with Crippen LogP contribution in [-0.2, 0) is 23.0 Å². The summed E-state index contributed by atoms with van der Waals surface area (Å²) in [6.45, 7) is 0. The molecule has 0 spiro atoms. The number of nitrogens with two attached hydrogens (primary N) is 1. The highest BCUT2D eigenvalue weighted by atomic mass is 16.5. The van der Waals surface area contributed by atoms with E-state index in [1.54, 1.807) is 0 Å². The molecule has 2 aromatic carbocycles. The van der Waals surface area contributed by atoms with E-state index in [9.17, 15) is 4.79 Å². The summed E-state index contributed by atoms with van der Waals surface area (Å²) in [6.07, 6.45) is 9.01. The quantitative estimate of drug-likeness (QED) is 0.449. The van der Waals surface area contributed by atoms with Gasteiger partial charge in [-0.05, 0) is 73.6 Å². The van der Waals surface area contributed by atoms with Crippen LogP contribution in [-0.4, -0.2) is 23.8 Å². The van der Waals surface area contributed by atoms with E-state index in [4.69, 9.17) is 15.2 Å². The molecule has 1 aromatic heterocycles. The number of hydrogen-bond acceptors (Lipinski definition) is 4. The molecule has 0 amide bonds. The van der Waals surface area contributed by atoms with Crippen LogP contribution in [0.3, 0.4) is 0 Å². The minimum absolute atomic E-state index is 0.209. The van der Waals surface area contributed by atoms with Gasteiger partial charge >= 0.3 is 5.97 Å². The summed E-state index contributed by atoms with van der Waals surface area (Å²) in [4.78, 5) is 11.6. The average molecular weight is 407 g/mol. The van der Waals surface area contributed by atoms with Crippen molar-refractivity contribution in [2.45, 2.75) is 51.0 Å². The number of hydrogen-bond donors (Lipinski definition) is 1. The number of ether oxygens (including phenoxy) is 2. The molecule has 0 bridgehead atoms. The van der Waals surface area contributed by atoms with Crippen LogP contribution in [0.4, 0.5) is 5.69 Å². The highest BCUT2D eigenvalue weighted by Gasteiger charge is 2.20. The maximum absolute atomic E-state index is 11.6. The zero-order valence-corrected chi connectivity index (χ0v) is 17.8. The van der Waals surface area contributed by atoms with Crippen LogP contribution >= 0.6 is 0 Å². The molecule has 0 atom stereocenters. The molecule has 158 valence electrons. The van der Waals surface area contributed by atoms with E-state index in [0.29, 0.717) is 18.5 Å². The highest BCUT2D eigenvalue weighted by Crippen LogP contribution is 2.40. The summed E-state index contributed by atoms with van der Waals surface area (Å²) in [5, 5.41) is 1.18. The number of fused-ring (bicyclic) bond motifs is 1. The fraction of sp³-hybridized carbons (Fsp3) is 0.400. The number of carbonyl (C=O) groups excluding carboxylic acids is 1.